The largest absolute Gasteiger partial charge is 0.490 e. The van der Waals surface area contributed by atoms with Crippen LogP contribution in [0.2, 0.25) is 0 Å². The van der Waals surface area contributed by atoms with E-state index < -0.39 is 6.04 Å². The van der Waals surface area contributed by atoms with Gasteiger partial charge in [0.1, 0.15) is 12.1 Å². The minimum Gasteiger partial charge on any atom is -0.490 e. The van der Waals surface area contributed by atoms with Gasteiger partial charge in [0, 0.05) is 11.4 Å². The van der Waals surface area contributed by atoms with Crippen LogP contribution in [0.5, 0.6) is 11.5 Å². The Hall–Kier alpha value is -3.46. The fraction of sp³-hybridized carbons (Fsp3) is 0.433. The van der Waals surface area contributed by atoms with E-state index in [0.29, 0.717) is 47.1 Å². The van der Waals surface area contributed by atoms with Gasteiger partial charge in [-0.2, -0.15) is 4.98 Å². The number of fused-ring (bicyclic) bond motifs is 1. The van der Waals surface area contributed by atoms with Crippen LogP contribution in [-0.4, -0.2) is 40.1 Å². The van der Waals surface area contributed by atoms with E-state index >= 15 is 0 Å². The van der Waals surface area contributed by atoms with Crippen LogP contribution in [0.25, 0.3) is 0 Å². The lowest BCUT2D eigenvalue weighted by atomic mass is 9.94. The van der Waals surface area contributed by atoms with E-state index in [9.17, 15) is 4.79 Å². The standard InChI is InChI=1S/C30H36N4O4S/c1-4-36-24-17-16-22(18-25(24)37-5-2)27-26(28(35)38-23-14-10-7-11-15-23)20(3)31-29-32-30(33-34(27)29)39-19-21-12-8-6-9-13-21/h6,8-9,12-13,16-18,23,27H,4-5,7,10-11,14-15,19H2,1-3H3,(H,31,32,33). The molecule has 1 aliphatic heterocycles. The number of ether oxygens (including phenoxy) is 3. The maximum Gasteiger partial charge on any atom is 0.338 e. The van der Waals surface area contributed by atoms with Crippen molar-refractivity contribution in [2.24, 2.45) is 0 Å². The van der Waals surface area contributed by atoms with Crippen molar-refractivity contribution in [3.8, 4) is 11.5 Å². The molecule has 1 aliphatic carbocycles. The molecule has 0 amide bonds. The molecule has 2 aromatic carbocycles. The van der Waals surface area contributed by atoms with Crippen molar-refractivity contribution >= 4 is 23.7 Å². The maximum atomic E-state index is 13.7. The number of aromatic nitrogens is 3. The zero-order chi connectivity index (χ0) is 27.2. The first kappa shape index (κ1) is 27.1. The van der Waals surface area contributed by atoms with Gasteiger partial charge in [-0.15, -0.1) is 5.10 Å². The number of carbonyl (C=O) groups is 1. The molecular weight excluding hydrogens is 512 g/mol. The van der Waals surface area contributed by atoms with Crippen LogP contribution >= 0.6 is 11.8 Å². The summed E-state index contributed by atoms with van der Waals surface area (Å²) in [4.78, 5) is 18.5. The molecule has 39 heavy (non-hydrogen) atoms. The fourth-order valence-corrected chi connectivity index (χ4v) is 5.91. The second kappa shape index (κ2) is 12.6. The first-order valence-electron chi connectivity index (χ1n) is 13.8. The molecule has 1 fully saturated rings. The summed E-state index contributed by atoms with van der Waals surface area (Å²) in [6.07, 6.45) is 5.12. The first-order chi connectivity index (χ1) is 19.1. The molecule has 2 aliphatic rings. The SMILES string of the molecule is CCOc1ccc(C2C(C(=O)OC3CCCCC3)=C(C)Nc3nc(SCc4ccccc4)nn32)cc1OCC. The number of rotatable bonds is 10. The Balaban J connectivity index is 1.51. The molecule has 1 atom stereocenters. The number of allylic oxidation sites excluding steroid dienone is 1. The summed E-state index contributed by atoms with van der Waals surface area (Å²) < 4.78 is 19.6. The number of anilines is 1. The fourth-order valence-electron chi connectivity index (χ4n) is 5.12. The quantitative estimate of drug-likeness (QED) is 0.226. The van der Waals surface area contributed by atoms with Crippen LogP contribution in [-0.2, 0) is 15.3 Å². The Kier molecular flexibility index (Phi) is 8.76. The summed E-state index contributed by atoms with van der Waals surface area (Å²) in [5.74, 6) is 2.32. The van der Waals surface area contributed by atoms with Crippen molar-refractivity contribution in [1.29, 1.82) is 0 Å². The molecule has 0 bridgehead atoms. The smallest absolute Gasteiger partial charge is 0.338 e. The van der Waals surface area contributed by atoms with Gasteiger partial charge < -0.3 is 19.5 Å². The lowest BCUT2D eigenvalue weighted by Gasteiger charge is -2.30. The third kappa shape index (κ3) is 6.24. The lowest BCUT2D eigenvalue weighted by Crippen LogP contribution is -2.32. The minimum absolute atomic E-state index is 0.0550. The van der Waals surface area contributed by atoms with Crippen molar-refractivity contribution in [1.82, 2.24) is 14.8 Å². The van der Waals surface area contributed by atoms with Crippen LogP contribution in [0.15, 0.2) is 65.0 Å². The van der Waals surface area contributed by atoms with Gasteiger partial charge >= 0.3 is 5.97 Å². The lowest BCUT2D eigenvalue weighted by molar-refractivity contribution is -0.146. The average molecular weight is 549 g/mol. The highest BCUT2D eigenvalue weighted by Crippen LogP contribution is 2.40. The van der Waals surface area contributed by atoms with Gasteiger partial charge in [-0.3, -0.25) is 0 Å². The Morgan fingerprint density at radius 3 is 2.51 bits per heavy atom. The Morgan fingerprint density at radius 1 is 1.03 bits per heavy atom. The van der Waals surface area contributed by atoms with Gasteiger partial charge in [-0.05, 0) is 69.7 Å². The predicted molar refractivity (Wildman–Crippen MR) is 152 cm³/mol. The Morgan fingerprint density at radius 2 is 1.77 bits per heavy atom. The molecule has 9 heteroatoms. The molecular formula is C30H36N4O4S. The second-order valence-electron chi connectivity index (χ2n) is 9.74. The molecule has 0 radical (unpaired) electrons. The van der Waals surface area contributed by atoms with Crippen LogP contribution in [0.4, 0.5) is 5.95 Å². The molecule has 1 saturated carbocycles. The Labute approximate surface area is 234 Å². The van der Waals surface area contributed by atoms with Crippen LogP contribution < -0.4 is 14.8 Å². The minimum atomic E-state index is -0.522. The van der Waals surface area contributed by atoms with Crippen molar-refractivity contribution in [2.75, 3.05) is 18.5 Å². The van der Waals surface area contributed by atoms with Crippen LogP contribution in [0.3, 0.4) is 0 Å². The van der Waals surface area contributed by atoms with Crippen LogP contribution in [0.1, 0.15) is 70.0 Å². The van der Waals surface area contributed by atoms with E-state index in [1.54, 1.807) is 16.4 Å². The number of carbonyl (C=O) groups excluding carboxylic acids is 1. The van der Waals surface area contributed by atoms with E-state index in [2.05, 4.69) is 17.4 Å². The number of hydrogen-bond acceptors (Lipinski definition) is 8. The Bertz CT molecular complexity index is 1320. The van der Waals surface area contributed by atoms with Gasteiger partial charge in [0.2, 0.25) is 11.1 Å². The zero-order valence-corrected chi connectivity index (χ0v) is 23.6. The molecule has 0 saturated heterocycles. The average Bonchev–Trinajstić information content (AvgIpc) is 3.36. The van der Waals surface area contributed by atoms with Crippen molar-refractivity contribution in [2.45, 2.75) is 75.9 Å². The van der Waals surface area contributed by atoms with Gasteiger partial charge in [0.25, 0.3) is 0 Å². The number of benzene rings is 2. The number of thioether (sulfide) groups is 1. The molecule has 1 unspecified atom stereocenters. The number of esters is 1. The summed E-state index contributed by atoms with van der Waals surface area (Å²) in [5.41, 5.74) is 3.29. The van der Waals surface area contributed by atoms with E-state index in [1.165, 1.54) is 12.0 Å². The summed E-state index contributed by atoms with van der Waals surface area (Å²) in [6, 6.07) is 15.5. The third-order valence-electron chi connectivity index (χ3n) is 6.97. The van der Waals surface area contributed by atoms with Crippen LogP contribution in [0, 0.1) is 0 Å². The van der Waals surface area contributed by atoms with Crippen molar-refractivity contribution in [3.05, 3.63) is 70.9 Å². The molecule has 206 valence electrons. The highest BCUT2D eigenvalue weighted by atomic mass is 32.2. The normalized spacial score (nSPS) is 17.4. The molecule has 0 spiro atoms. The topological polar surface area (TPSA) is 87.5 Å². The van der Waals surface area contributed by atoms with Crippen molar-refractivity contribution in [3.63, 3.8) is 0 Å². The first-order valence-corrected chi connectivity index (χ1v) is 14.8. The van der Waals surface area contributed by atoms with Gasteiger partial charge in [0.05, 0.1) is 18.8 Å². The number of nitrogens with one attached hydrogen (secondary N) is 1. The molecule has 3 aromatic rings. The summed E-state index contributed by atoms with van der Waals surface area (Å²) in [7, 11) is 0. The van der Waals surface area contributed by atoms with Gasteiger partial charge in [0.15, 0.2) is 11.5 Å². The third-order valence-corrected chi connectivity index (χ3v) is 7.88. The highest BCUT2D eigenvalue weighted by Gasteiger charge is 2.37. The molecule has 5 rings (SSSR count). The summed E-state index contributed by atoms with van der Waals surface area (Å²) in [6.45, 7) is 6.81. The monoisotopic (exact) mass is 548 g/mol. The van der Waals surface area contributed by atoms with E-state index in [1.807, 2.05) is 57.2 Å². The molecule has 1 N–H and O–H groups in total. The highest BCUT2D eigenvalue weighted by molar-refractivity contribution is 7.98. The predicted octanol–water partition coefficient (Wildman–Crippen LogP) is 6.53. The van der Waals surface area contributed by atoms with E-state index in [0.717, 1.165) is 37.0 Å². The zero-order valence-electron chi connectivity index (χ0n) is 22.8. The van der Waals surface area contributed by atoms with E-state index in [-0.39, 0.29) is 12.1 Å². The second-order valence-corrected chi connectivity index (χ2v) is 10.7. The van der Waals surface area contributed by atoms with E-state index in [4.69, 9.17) is 24.3 Å². The molecule has 1 aromatic heterocycles. The molecule has 2 heterocycles. The van der Waals surface area contributed by atoms with Gasteiger partial charge in [-0.1, -0.05) is 54.6 Å². The number of hydrogen-bond donors (Lipinski definition) is 1. The van der Waals surface area contributed by atoms with Gasteiger partial charge in [-0.25, -0.2) is 9.48 Å². The summed E-state index contributed by atoms with van der Waals surface area (Å²) in [5, 5.41) is 8.82. The molecule has 8 nitrogen and oxygen atoms in total. The summed E-state index contributed by atoms with van der Waals surface area (Å²) >= 11 is 1.56. The maximum absolute atomic E-state index is 13.7. The number of nitrogens with zero attached hydrogens (tertiary/aromatic N) is 3. The van der Waals surface area contributed by atoms with Crippen molar-refractivity contribution < 1.29 is 19.0 Å².